The number of hydrogen-bond acceptors (Lipinski definition) is 4. The molecule has 6 heteroatoms. The molecule has 0 saturated carbocycles. The van der Waals surface area contributed by atoms with E-state index in [2.05, 4.69) is 52.7 Å². The van der Waals surface area contributed by atoms with Gasteiger partial charge in [-0.05, 0) is 66.4 Å². The van der Waals surface area contributed by atoms with Crippen LogP contribution in [0.4, 0.5) is 0 Å². The third-order valence-electron chi connectivity index (χ3n) is 7.24. The third kappa shape index (κ3) is 4.90. The van der Waals surface area contributed by atoms with Crippen LogP contribution in [-0.4, -0.2) is 59.9 Å². The molecule has 1 aliphatic rings. The van der Waals surface area contributed by atoms with Crippen molar-refractivity contribution in [3.05, 3.63) is 78.0 Å². The second kappa shape index (κ2) is 10.1. The average molecular weight is 472 g/mol. The number of likely N-dealkylation sites (tertiary alicyclic amines) is 1. The Morgan fingerprint density at radius 2 is 1.83 bits per heavy atom. The lowest BCUT2D eigenvalue weighted by Crippen LogP contribution is -2.40. The highest BCUT2D eigenvalue weighted by Crippen LogP contribution is 2.31. The zero-order chi connectivity index (χ0) is 24.4. The molecule has 182 valence electrons. The van der Waals surface area contributed by atoms with Crippen LogP contribution in [0.15, 0.2) is 66.7 Å². The van der Waals surface area contributed by atoms with Crippen LogP contribution in [0.5, 0.6) is 5.75 Å². The molecule has 2 heterocycles. The number of nitrogens with zero attached hydrogens (tertiary/aromatic N) is 2. The number of aliphatic hydroxyl groups excluding tert-OH is 1. The summed E-state index contributed by atoms with van der Waals surface area (Å²) in [6.07, 6.45) is 1.61. The molecule has 1 fully saturated rings. The maximum atomic E-state index is 12.2. The summed E-state index contributed by atoms with van der Waals surface area (Å²) in [5.41, 5.74) is 2.92. The number of hydrogen-bond donors (Lipinski definition) is 2. The number of nitrogens with one attached hydrogen (secondary N) is 1. The molecule has 0 spiro atoms. The van der Waals surface area contributed by atoms with Crippen LogP contribution in [-0.2, 0) is 7.05 Å². The highest BCUT2D eigenvalue weighted by atomic mass is 16.5. The number of rotatable bonds is 7. The Kier molecular flexibility index (Phi) is 6.75. The first-order valence-corrected chi connectivity index (χ1v) is 12.4. The number of benzene rings is 3. The summed E-state index contributed by atoms with van der Waals surface area (Å²) in [5.74, 6) is 1.11. The van der Waals surface area contributed by atoms with Gasteiger partial charge in [0, 0.05) is 26.0 Å². The molecule has 3 aromatic carbocycles. The Balaban J connectivity index is 1.16. The van der Waals surface area contributed by atoms with E-state index in [0.29, 0.717) is 23.9 Å². The van der Waals surface area contributed by atoms with Crippen LogP contribution >= 0.6 is 0 Å². The second-order valence-electron chi connectivity index (χ2n) is 9.50. The van der Waals surface area contributed by atoms with E-state index in [9.17, 15) is 9.90 Å². The molecule has 5 rings (SSSR count). The number of aryl methyl sites for hydroxylation is 1. The van der Waals surface area contributed by atoms with Gasteiger partial charge in [0.25, 0.3) is 5.91 Å². The van der Waals surface area contributed by atoms with E-state index in [1.807, 2.05) is 35.9 Å². The minimum atomic E-state index is -0.579. The number of carbonyl (C=O) groups excluding carboxylic acids is 1. The summed E-state index contributed by atoms with van der Waals surface area (Å²) in [5, 5.41) is 16.8. The molecule has 1 amide bonds. The smallest absolute Gasteiger partial charge is 0.267 e. The predicted octanol–water partition coefficient (Wildman–Crippen LogP) is 4.31. The third-order valence-corrected chi connectivity index (χ3v) is 7.24. The molecule has 1 atom stereocenters. The molecule has 0 bridgehead atoms. The fourth-order valence-corrected chi connectivity index (χ4v) is 5.25. The molecular weight excluding hydrogens is 438 g/mol. The molecule has 1 aromatic heterocycles. The van der Waals surface area contributed by atoms with E-state index >= 15 is 0 Å². The number of aliphatic hydroxyl groups is 1. The minimum Gasteiger partial charge on any atom is -0.490 e. The van der Waals surface area contributed by atoms with Crippen LogP contribution in [0.1, 0.15) is 34.8 Å². The Morgan fingerprint density at radius 1 is 1.06 bits per heavy atom. The van der Waals surface area contributed by atoms with Gasteiger partial charge in [0.2, 0.25) is 0 Å². The van der Waals surface area contributed by atoms with E-state index in [1.54, 1.807) is 7.05 Å². The molecule has 1 aliphatic heterocycles. The Morgan fingerprint density at radius 3 is 2.60 bits per heavy atom. The molecule has 35 heavy (non-hydrogen) atoms. The van der Waals surface area contributed by atoms with Crippen LogP contribution < -0.4 is 10.1 Å². The highest BCUT2D eigenvalue weighted by molar-refractivity contribution is 6.00. The molecule has 0 unspecified atom stereocenters. The van der Waals surface area contributed by atoms with Gasteiger partial charge in [0.1, 0.15) is 24.2 Å². The molecule has 2 N–H and O–H groups in total. The average Bonchev–Trinajstić information content (AvgIpc) is 3.24. The van der Waals surface area contributed by atoms with Crippen LogP contribution in [0.2, 0.25) is 0 Å². The minimum absolute atomic E-state index is 0.137. The number of amides is 1. The highest BCUT2D eigenvalue weighted by Gasteiger charge is 2.23. The van der Waals surface area contributed by atoms with Crippen LogP contribution in [0, 0.1) is 0 Å². The van der Waals surface area contributed by atoms with Crippen molar-refractivity contribution in [3.8, 4) is 5.75 Å². The fourth-order valence-electron chi connectivity index (χ4n) is 5.25. The maximum Gasteiger partial charge on any atom is 0.267 e. The second-order valence-corrected chi connectivity index (χ2v) is 9.50. The summed E-state index contributed by atoms with van der Waals surface area (Å²) in [4.78, 5) is 14.5. The Hall–Kier alpha value is -3.35. The van der Waals surface area contributed by atoms with Gasteiger partial charge < -0.3 is 24.6 Å². The molecule has 1 saturated heterocycles. The van der Waals surface area contributed by atoms with E-state index in [-0.39, 0.29) is 12.5 Å². The maximum absolute atomic E-state index is 12.2. The van der Waals surface area contributed by atoms with E-state index < -0.39 is 6.10 Å². The summed E-state index contributed by atoms with van der Waals surface area (Å²) < 4.78 is 7.87. The Labute approximate surface area is 206 Å². The zero-order valence-electron chi connectivity index (χ0n) is 20.4. The van der Waals surface area contributed by atoms with Gasteiger partial charge in [-0.1, -0.05) is 48.5 Å². The zero-order valence-corrected chi connectivity index (χ0v) is 20.4. The first kappa shape index (κ1) is 23.4. The molecule has 0 radical (unpaired) electrons. The number of ether oxygens (including phenoxy) is 1. The lowest BCUT2D eigenvalue weighted by molar-refractivity contribution is 0.0599. The predicted molar refractivity (Wildman–Crippen MR) is 140 cm³/mol. The van der Waals surface area contributed by atoms with E-state index in [1.165, 1.54) is 16.3 Å². The van der Waals surface area contributed by atoms with Crippen molar-refractivity contribution in [1.29, 1.82) is 0 Å². The number of piperidine rings is 1. The van der Waals surface area contributed by atoms with Gasteiger partial charge in [-0.3, -0.25) is 4.79 Å². The van der Waals surface area contributed by atoms with Crippen molar-refractivity contribution < 1.29 is 14.6 Å². The van der Waals surface area contributed by atoms with Crippen molar-refractivity contribution in [3.63, 3.8) is 0 Å². The van der Waals surface area contributed by atoms with Crippen molar-refractivity contribution in [2.24, 2.45) is 7.05 Å². The number of aromatic nitrogens is 1. The van der Waals surface area contributed by atoms with Gasteiger partial charge in [-0.25, -0.2) is 0 Å². The summed E-state index contributed by atoms with van der Waals surface area (Å²) >= 11 is 0. The SMILES string of the molecule is CNC(=O)c1cc2c(OC[C@@H](O)CN3CCC(c4ccc5ccccc5c4)CC3)cccc2n1C. The topological polar surface area (TPSA) is 66.7 Å². The first-order chi connectivity index (χ1) is 17.0. The molecular formula is C29H33N3O3. The van der Waals surface area contributed by atoms with Gasteiger partial charge >= 0.3 is 0 Å². The van der Waals surface area contributed by atoms with E-state index in [0.717, 1.165) is 36.8 Å². The summed E-state index contributed by atoms with van der Waals surface area (Å²) in [6, 6.07) is 22.9. The fraction of sp³-hybridized carbons (Fsp3) is 0.345. The first-order valence-electron chi connectivity index (χ1n) is 12.4. The lowest BCUT2D eigenvalue weighted by atomic mass is 9.88. The number of β-amino-alcohol motifs (C(OH)–C–C–N with tert-alkyl or cyclic N) is 1. The quantitative estimate of drug-likeness (QED) is 0.422. The summed E-state index contributed by atoms with van der Waals surface area (Å²) in [6.45, 7) is 2.75. The number of fused-ring (bicyclic) bond motifs is 2. The Bertz CT molecular complexity index is 1340. The van der Waals surface area contributed by atoms with Crippen molar-refractivity contribution in [2.75, 3.05) is 33.3 Å². The van der Waals surface area contributed by atoms with E-state index in [4.69, 9.17) is 4.74 Å². The largest absolute Gasteiger partial charge is 0.490 e. The van der Waals surface area contributed by atoms with Crippen molar-refractivity contribution >= 4 is 27.6 Å². The van der Waals surface area contributed by atoms with Crippen LogP contribution in [0.25, 0.3) is 21.7 Å². The van der Waals surface area contributed by atoms with Gasteiger partial charge in [-0.2, -0.15) is 0 Å². The normalized spacial score (nSPS) is 16.0. The lowest BCUT2D eigenvalue weighted by Gasteiger charge is -2.33. The standard InChI is InChI=1S/C29H33N3O3/c1-30-29(34)27-17-25-26(31(27)2)8-5-9-28(25)35-19-24(33)18-32-14-12-21(13-15-32)23-11-10-20-6-3-4-7-22(20)16-23/h3-11,16-17,21,24,33H,12-15,18-19H2,1-2H3,(H,30,34)/t24-/m0/s1. The van der Waals surface area contributed by atoms with Crippen LogP contribution in [0.3, 0.4) is 0 Å². The van der Waals surface area contributed by atoms with Gasteiger partial charge in [0.05, 0.1) is 5.52 Å². The van der Waals surface area contributed by atoms with Gasteiger partial charge in [-0.15, -0.1) is 0 Å². The van der Waals surface area contributed by atoms with Crippen molar-refractivity contribution in [1.82, 2.24) is 14.8 Å². The molecule has 6 nitrogen and oxygen atoms in total. The van der Waals surface area contributed by atoms with Gasteiger partial charge in [0.15, 0.2) is 0 Å². The molecule has 0 aliphatic carbocycles. The number of carbonyl (C=O) groups is 1. The van der Waals surface area contributed by atoms with Crippen molar-refractivity contribution in [2.45, 2.75) is 24.9 Å². The molecule has 4 aromatic rings. The summed E-state index contributed by atoms with van der Waals surface area (Å²) in [7, 11) is 3.49. The monoisotopic (exact) mass is 471 g/mol.